The zero-order chi connectivity index (χ0) is 9.68. The van der Waals surface area contributed by atoms with E-state index in [1.165, 1.54) is 0 Å². The van der Waals surface area contributed by atoms with Crippen LogP contribution >= 0.6 is 0 Å². The molecule has 70 valence electrons. The lowest BCUT2D eigenvalue weighted by molar-refractivity contribution is -0.120. The molecule has 1 aromatic rings. The van der Waals surface area contributed by atoms with Crippen molar-refractivity contribution >= 4 is 6.47 Å². The van der Waals surface area contributed by atoms with Gasteiger partial charge in [0.15, 0.2) is 0 Å². The minimum atomic E-state index is 0.259. The normalized spacial score (nSPS) is 12.2. The van der Waals surface area contributed by atoms with Gasteiger partial charge in [0.2, 0.25) is 0 Å². The summed E-state index contributed by atoms with van der Waals surface area (Å²) in [5.41, 5.74) is 1.10. The Balaban J connectivity index is 2.84. The van der Waals surface area contributed by atoms with E-state index in [1.54, 1.807) is 6.07 Å². The summed E-state index contributed by atoms with van der Waals surface area (Å²) < 4.78 is 4.73. The van der Waals surface area contributed by atoms with Crippen LogP contribution in [0.5, 0.6) is 5.75 Å². The lowest BCUT2D eigenvalue weighted by Crippen LogP contribution is -2.12. The Morgan fingerprint density at radius 3 is 2.92 bits per heavy atom. The van der Waals surface area contributed by atoms with Gasteiger partial charge in [-0.2, -0.15) is 0 Å². The Bertz CT molecular complexity index is 286. The van der Waals surface area contributed by atoms with Crippen LogP contribution in [0.4, 0.5) is 0 Å². The van der Waals surface area contributed by atoms with Crippen LogP contribution in [-0.4, -0.2) is 13.5 Å². The van der Waals surface area contributed by atoms with E-state index < -0.39 is 0 Å². The maximum absolute atomic E-state index is 10.1. The molecule has 1 atom stereocenters. The van der Waals surface area contributed by atoms with Gasteiger partial charge in [-0.15, -0.1) is 0 Å². The smallest absolute Gasteiger partial charge is 0.298 e. The summed E-state index contributed by atoms with van der Waals surface area (Å²) in [7, 11) is 1.89. The number of carbonyl (C=O) groups excluding carboxylic acids is 1. The molecule has 0 aliphatic heterocycles. The van der Waals surface area contributed by atoms with Crippen LogP contribution in [0.1, 0.15) is 18.5 Å². The van der Waals surface area contributed by atoms with E-state index in [9.17, 15) is 4.79 Å². The van der Waals surface area contributed by atoms with Crippen molar-refractivity contribution in [3.8, 4) is 5.75 Å². The molecule has 0 radical (unpaired) electrons. The highest BCUT2D eigenvalue weighted by Crippen LogP contribution is 2.17. The number of hydrogen-bond donors (Lipinski definition) is 1. The second kappa shape index (κ2) is 4.62. The van der Waals surface area contributed by atoms with Crippen LogP contribution in [0, 0.1) is 0 Å². The van der Waals surface area contributed by atoms with Gasteiger partial charge in [-0.25, -0.2) is 0 Å². The zero-order valence-corrected chi connectivity index (χ0v) is 7.78. The van der Waals surface area contributed by atoms with Crippen molar-refractivity contribution < 1.29 is 9.53 Å². The highest BCUT2D eigenvalue weighted by molar-refractivity contribution is 5.45. The van der Waals surface area contributed by atoms with Crippen LogP contribution in [0.2, 0.25) is 0 Å². The molecule has 0 aliphatic carbocycles. The molecule has 13 heavy (non-hydrogen) atoms. The molecule has 0 heterocycles. The van der Waals surface area contributed by atoms with Gasteiger partial charge in [0.1, 0.15) is 5.75 Å². The lowest BCUT2D eigenvalue weighted by atomic mass is 10.1. The van der Waals surface area contributed by atoms with E-state index in [0.717, 1.165) is 5.56 Å². The maximum Gasteiger partial charge on any atom is 0.298 e. The Morgan fingerprint density at radius 2 is 2.31 bits per heavy atom. The van der Waals surface area contributed by atoms with Crippen molar-refractivity contribution in [3.05, 3.63) is 29.8 Å². The van der Waals surface area contributed by atoms with Gasteiger partial charge in [0, 0.05) is 6.04 Å². The summed E-state index contributed by atoms with van der Waals surface area (Å²) in [4.78, 5) is 10.1. The Kier molecular flexibility index (Phi) is 3.46. The Labute approximate surface area is 77.7 Å². The minimum absolute atomic E-state index is 0.259. The maximum atomic E-state index is 10.1. The third-order valence-corrected chi connectivity index (χ3v) is 1.98. The second-order valence-corrected chi connectivity index (χ2v) is 2.80. The molecular formula is C10H13NO2. The summed E-state index contributed by atoms with van der Waals surface area (Å²) in [6, 6.07) is 7.70. The van der Waals surface area contributed by atoms with Gasteiger partial charge >= 0.3 is 0 Å². The summed E-state index contributed by atoms with van der Waals surface area (Å²) in [6.07, 6.45) is 0. The predicted molar refractivity (Wildman–Crippen MR) is 50.6 cm³/mol. The highest BCUT2D eigenvalue weighted by Gasteiger charge is 2.02. The van der Waals surface area contributed by atoms with Crippen molar-refractivity contribution in [2.24, 2.45) is 0 Å². The lowest BCUT2D eigenvalue weighted by Gasteiger charge is -2.10. The fourth-order valence-corrected chi connectivity index (χ4v) is 1.08. The zero-order valence-electron chi connectivity index (χ0n) is 7.78. The summed E-state index contributed by atoms with van der Waals surface area (Å²) in [6.45, 7) is 2.48. The molecule has 3 heteroatoms. The first-order valence-corrected chi connectivity index (χ1v) is 4.15. The molecule has 1 N–H and O–H groups in total. The molecule has 1 aromatic carbocycles. The third kappa shape index (κ3) is 2.56. The molecule has 0 spiro atoms. The quantitative estimate of drug-likeness (QED) is 0.712. The van der Waals surface area contributed by atoms with Crippen LogP contribution in [-0.2, 0) is 4.79 Å². The number of carbonyl (C=O) groups is 1. The molecule has 0 aliphatic rings. The van der Waals surface area contributed by atoms with Crippen molar-refractivity contribution in [2.45, 2.75) is 13.0 Å². The molecule has 1 unspecified atom stereocenters. The fraction of sp³-hybridized carbons (Fsp3) is 0.300. The highest BCUT2D eigenvalue weighted by atomic mass is 16.5. The van der Waals surface area contributed by atoms with E-state index in [4.69, 9.17) is 4.74 Å². The molecule has 0 bridgehead atoms. The van der Waals surface area contributed by atoms with E-state index in [2.05, 4.69) is 5.32 Å². The average Bonchev–Trinajstić information content (AvgIpc) is 2.18. The summed E-state index contributed by atoms with van der Waals surface area (Å²) in [5, 5.41) is 3.11. The number of rotatable bonds is 4. The van der Waals surface area contributed by atoms with Crippen molar-refractivity contribution in [3.63, 3.8) is 0 Å². The summed E-state index contributed by atoms with van der Waals surface area (Å²) >= 11 is 0. The first-order chi connectivity index (χ1) is 6.27. The van der Waals surface area contributed by atoms with Crippen molar-refractivity contribution in [1.82, 2.24) is 5.32 Å². The molecule has 0 aromatic heterocycles. The van der Waals surface area contributed by atoms with E-state index in [1.807, 2.05) is 32.2 Å². The Hall–Kier alpha value is -1.35. The van der Waals surface area contributed by atoms with Crippen molar-refractivity contribution in [1.29, 1.82) is 0 Å². The van der Waals surface area contributed by atoms with Crippen LogP contribution in [0.3, 0.4) is 0 Å². The molecule has 1 rings (SSSR count). The molecule has 0 saturated carbocycles. The van der Waals surface area contributed by atoms with Gasteiger partial charge in [0.05, 0.1) is 0 Å². The first-order valence-electron chi connectivity index (χ1n) is 4.15. The second-order valence-electron chi connectivity index (χ2n) is 2.80. The fourth-order valence-electron chi connectivity index (χ4n) is 1.08. The van der Waals surface area contributed by atoms with E-state index in [-0.39, 0.29) is 6.04 Å². The molecular weight excluding hydrogens is 166 g/mol. The van der Waals surface area contributed by atoms with Gasteiger partial charge in [-0.1, -0.05) is 12.1 Å². The predicted octanol–water partition coefficient (Wildman–Crippen LogP) is 1.50. The van der Waals surface area contributed by atoms with Crippen LogP contribution < -0.4 is 10.1 Å². The molecule has 3 nitrogen and oxygen atoms in total. The third-order valence-electron chi connectivity index (χ3n) is 1.98. The average molecular weight is 179 g/mol. The Morgan fingerprint density at radius 1 is 1.54 bits per heavy atom. The van der Waals surface area contributed by atoms with Crippen LogP contribution in [0.15, 0.2) is 24.3 Å². The topological polar surface area (TPSA) is 38.3 Å². The SMILES string of the molecule is CNC(C)c1cccc(OC=O)c1. The number of ether oxygens (including phenoxy) is 1. The van der Waals surface area contributed by atoms with Crippen molar-refractivity contribution in [2.75, 3.05) is 7.05 Å². The van der Waals surface area contributed by atoms with Gasteiger partial charge in [-0.3, -0.25) is 4.79 Å². The minimum Gasteiger partial charge on any atom is -0.429 e. The summed E-state index contributed by atoms with van der Waals surface area (Å²) in [5.74, 6) is 0.578. The van der Waals surface area contributed by atoms with Gasteiger partial charge < -0.3 is 10.1 Å². The van der Waals surface area contributed by atoms with E-state index in [0.29, 0.717) is 12.2 Å². The monoisotopic (exact) mass is 179 g/mol. The number of hydrogen-bond acceptors (Lipinski definition) is 3. The molecule has 0 fully saturated rings. The molecule has 0 amide bonds. The van der Waals surface area contributed by atoms with Crippen LogP contribution in [0.25, 0.3) is 0 Å². The van der Waals surface area contributed by atoms with Gasteiger partial charge in [0.25, 0.3) is 6.47 Å². The largest absolute Gasteiger partial charge is 0.429 e. The van der Waals surface area contributed by atoms with Gasteiger partial charge in [-0.05, 0) is 31.7 Å². The first kappa shape index (κ1) is 9.74. The standard InChI is InChI=1S/C10H13NO2/c1-8(11-2)9-4-3-5-10(6-9)13-7-12/h3-8,11H,1-2H3. The van der Waals surface area contributed by atoms with E-state index >= 15 is 0 Å². The molecule has 0 saturated heterocycles. The number of nitrogens with one attached hydrogen (secondary N) is 1. The number of benzene rings is 1.